The van der Waals surface area contributed by atoms with Gasteiger partial charge >= 0.3 is 0 Å². The van der Waals surface area contributed by atoms with Crippen molar-refractivity contribution >= 4 is 0 Å². The summed E-state index contributed by atoms with van der Waals surface area (Å²) >= 11 is 0. The molecule has 0 heterocycles. The third-order valence-corrected chi connectivity index (χ3v) is 2.43. The maximum atomic E-state index is 9.02. The third-order valence-electron chi connectivity index (χ3n) is 2.43. The largest absolute Gasteiger partial charge is 0.361 e. The average molecular weight is 203 g/mol. The van der Waals surface area contributed by atoms with E-state index >= 15 is 0 Å². The Kier molecular flexibility index (Phi) is 4.33. The van der Waals surface area contributed by atoms with Gasteiger partial charge in [-0.05, 0) is 32.3 Å². The van der Waals surface area contributed by atoms with Crippen molar-refractivity contribution in [2.24, 2.45) is 0 Å². The van der Waals surface area contributed by atoms with Crippen molar-refractivity contribution in [1.82, 2.24) is 0 Å². The Balaban J connectivity index is 2.52. The first-order valence-corrected chi connectivity index (χ1v) is 5.29. The van der Waals surface area contributed by atoms with Crippen LogP contribution in [-0.4, -0.2) is 12.2 Å². The Morgan fingerprint density at radius 1 is 1.33 bits per heavy atom. The lowest BCUT2D eigenvalue weighted by Gasteiger charge is -2.21. The Morgan fingerprint density at radius 2 is 2.00 bits per heavy atom. The van der Waals surface area contributed by atoms with Gasteiger partial charge in [0.1, 0.15) is 0 Å². The molecule has 0 aliphatic heterocycles. The maximum Gasteiger partial charge on any atom is 0.151 e. The fourth-order valence-corrected chi connectivity index (χ4v) is 1.51. The van der Waals surface area contributed by atoms with Gasteiger partial charge in [-0.15, -0.1) is 0 Å². The van der Waals surface area contributed by atoms with Crippen molar-refractivity contribution in [3.63, 3.8) is 0 Å². The van der Waals surface area contributed by atoms with Gasteiger partial charge in [-0.25, -0.2) is 0 Å². The molecule has 1 aromatic carbocycles. The molecule has 0 saturated carbocycles. The summed E-state index contributed by atoms with van der Waals surface area (Å²) in [5, 5.41) is 9.02. The molecule has 15 heavy (non-hydrogen) atoms. The van der Waals surface area contributed by atoms with Crippen LogP contribution in [0.3, 0.4) is 0 Å². The lowest BCUT2D eigenvalue weighted by Crippen LogP contribution is -2.27. The van der Waals surface area contributed by atoms with Crippen LogP contribution in [0.1, 0.15) is 25.8 Å². The average Bonchev–Trinajstić information content (AvgIpc) is 2.28. The van der Waals surface area contributed by atoms with Gasteiger partial charge in [-0.1, -0.05) is 30.3 Å². The lowest BCUT2D eigenvalue weighted by molar-refractivity contribution is 0.0138. The number of hydrogen-bond acceptors (Lipinski definition) is 2. The van der Waals surface area contributed by atoms with Gasteiger partial charge in [0.2, 0.25) is 0 Å². The van der Waals surface area contributed by atoms with Crippen LogP contribution in [0, 0.1) is 11.3 Å². The minimum Gasteiger partial charge on any atom is -0.361 e. The van der Waals surface area contributed by atoms with Crippen LogP contribution >= 0.6 is 0 Å². The van der Waals surface area contributed by atoms with Crippen LogP contribution in [0.4, 0.5) is 0 Å². The van der Waals surface area contributed by atoms with E-state index in [-0.39, 0.29) is 0 Å². The molecule has 0 N–H and O–H groups in total. The summed E-state index contributed by atoms with van der Waals surface area (Å²) < 4.78 is 5.44. The van der Waals surface area contributed by atoms with Crippen molar-refractivity contribution in [3.8, 4) is 6.07 Å². The fourth-order valence-electron chi connectivity index (χ4n) is 1.51. The predicted octanol–water partition coefficient (Wildman–Crippen LogP) is 2.94. The molecule has 0 bridgehead atoms. The second-order valence-electron chi connectivity index (χ2n) is 3.76. The van der Waals surface area contributed by atoms with E-state index < -0.39 is 5.60 Å². The molecule has 0 aliphatic rings. The normalized spacial score (nSPS) is 14.2. The zero-order valence-corrected chi connectivity index (χ0v) is 9.36. The molecule has 2 nitrogen and oxygen atoms in total. The van der Waals surface area contributed by atoms with Crippen LogP contribution < -0.4 is 0 Å². The van der Waals surface area contributed by atoms with Crippen molar-refractivity contribution in [2.45, 2.75) is 32.3 Å². The molecule has 0 aliphatic carbocycles. The number of nitrogens with zero attached hydrogens (tertiary/aromatic N) is 1. The summed E-state index contributed by atoms with van der Waals surface area (Å²) in [6.07, 6.45) is 1.62. The molecule has 1 aromatic rings. The third kappa shape index (κ3) is 3.73. The quantitative estimate of drug-likeness (QED) is 0.737. The highest BCUT2D eigenvalue weighted by atomic mass is 16.5. The number of benzene rings is 1. The smallest absolute Gasteiger partial charge is 0.151 e. The maximum absolute atomic E-state index is 9.02. The second-order valence-corrected chi connectivity index (χ2v) is 3.76. The van der Waals surface area contributed by atoms with Gasteiger partial charge in [-0.2, -0.15) is 5.26 Å². The van der Waals surface area contributed by atoms with E-state index in [0.29, 0.717) is 6.61 Å². The Bertz CT molecular complexity index is 328. The number of ether oxygens (including phenoxy) is 1. The number of nitriles is 1. The number of aryl methyl sites for hydroxylation is 1. The van der Waals surface area contributed by atoms with Gasteiger partial charge in [0, 0.05) is 6.61 Å². The van der Waals surface area contributed by atoms with Crippen molar-refractivity contribution in [3.05, 3.63) is 35.9 Å². The first-order valence-electron chi connectivity index (χ1n) is 5.29. The molecule has 0 spiro atoms. The second kappa shape index (κ2) is 5.53. The molecule has 0 amide bonds. The van der Waals surface area contributed by atoms with Crippen molar-refractivity contribution < 1.29 is 4.74 Å². The van der Waals surface area contributed by atoms with Crippen LogP contribution in [0.5, 0.6) is 0 Å². The van der Waals surface area contributed by atoms with Gasteiger partial charge in [0.05, 0.1) is 6.07 Å². The van der Waals surface area contributed by atoms with E-state index in [1.165, 1.54) is 5.56 Å². The summed E-state index contributed by atoms with van der Waals surface area (Å²) in [6.45, 7) is 4.34. The monoisotopic (exact) mass is 203 g/mol. The van der Waals surface area contributed by atoms with E-state index in [9.17, 15) is 0 Å². The zero-order chi connectivity index (χ0) is 11.1. The number of rotatable bonds is 5. The highest BCUT2D eigenvalue weighted by molar-refractivity contribution is 5.16. The van der Waals surface area contributed by atoms with Crippen molar-refractivity contribution in [1.29, 1.82) is 5.26 Å². The van der Waals surface area contributed by atoms with Crippen LogP contribution in [0.15, 0.2) is 30.3 Å². The first-order chi connectivity index (χ1) is 7.20. The minimum atomic E-state index is -0.648. The molecule has 1 atom stereocenters. The molecule has 1 unspecified atom stereocenters. The molecular weight excluding hydrogens is 186 g/mol. The summed E-state index contributed by atoms with van der Waals surface area (Å²) in [7, 11) is 0. The molecule has 80 valence electrons. The van der Waals surface area contributed by atoms with Gasteiger partial charge in [0.15, 0.2) is 5.60 Å². The minimum absolute atomic E-state index is 0.582. The molecule has 2 heteroatoms. The summed E-state index contributed by atoms with van der Waals surface area (Å²) in [5.41, 5.74) is 0.601. The molecule has 0 aromatic heterocycles. The number of hydrogen-bond donors (Lipinski definition) is 0. The fraction of sp³-hybridized carbons (Fsp3) is 0.462. The molecular formula is C13H17NO. The summed E-state index contributed by atoms with van der Waals surface area (Å²) in [4.78, 5) is 0. The molecule has 0 saturated heterocycles. The highest BCUT2D eigenvalue weighted by Crippen LogP contribution is 2.17. The predicted molar refractivity (Wildman–Crippen MR) is 60.4 cm³/mol. The lowest BCUT2D eigenvalue weighted by atomic mass is 9.98. The highest BCUT2D eigenvalue weighted by Gasteiger charge is 2.23. The van der Waals surface area contributed by atoms with Crippen LogP contribution in [0.25, 0.3) is 0 Å². The first kappa shape index (κ1) is 11.7. The van der Waals surface area contributed by atoms with E-state index in [1.54, 1.807) is 0 Å². The van der Waals surface area contributed by atoms with Gasteiger partial charge in [-0.3, -0.25) is 0 Å². The van der Waals surface area contributed by atoms with E-state index in [4.69, 9.17) is 10.00 Å². The Morgan fingerprint density at radius 3 is 2.53 bits per heavy atom. The molecule has 1 rings (SSSR count). The zero-order valence-electron chi connectivity index (χ0n) is 9.36. The van der Waals surface area contributed by atoms with Gasteiger partial charge < -0.3 is 4.74 Å². The van der Waals surface area contributed by atoms with E-state index in [2.05, 4.69) is 18.2 Å². The van der Waals surface area contributed by atoms with Crippen molar-refractivity contribution in [2.75, 3.05) is 6.61 Å². The van der Waals surface area contributed by atoms with E-state index in [0.717, 1.165) is 12.8 Å². The van der Waals surface area contributed by atoms with Crippen LogP contribution in [0.2, 0.25) is 0 Å². The topological polar surface area (TPSA) is 33.0 Å². The SMILES string of the molecule is CCOC(C)(C#N)CCc1ccccc1. The summed E-state index contributed by atoms with van der Waals surface area (Å²) in [5.74, 6) is 0. The van der Waals surface area contributed by atoms with E-state index in [1.807, 2.05) is 32.0 Å². The Labute approximate surface area is 91.5 Å². The van der Waals surface area contributed by atoms with Crippen LogP contribution in [-0.2, 0) is 11.2 Å². The Hall–Kier alpha value is -1.33. The molecule has 0 fully saturated rings. The summed E-state index contributed by atoms with van der Waals surface area (Å²) in [6, 6.07) is 12.4. The van der Waals surface area contributed by atoms with Gasteiger partial charge in [0.25, 0.3) is 0 Å². The molecule has 0 radical (unpaired) electrons. The standard InChI is InChI=1S/C13H17NO/c1-3-15-13(2,11-14)10-9-12-7-5-4-6-8-12/h4-8H,3,9-10H2,1-2H3.